The van der Waals surface area contributed by atoms with Gasteiger partial charge >= 0.3 is 15.6 Å². The van der Waals surface area contributed by atoms with Gasteiger partial charge in [0, 0.05) is 11.6 Å². The maximum Gasteiger partial charge on any atom is 0.534 e. The molecule has 0 saturated heterocycles. The van der Waals surface area contributed by atoms with E-state index < -0.39 is 32.0 Å². The Balaban J connectivity index is 3.29. The predicted molar refractivity (Wildman–Crippen MR) is 58.4 cm³/mol. The fourth-order valence-corrected chi connectivity index (χ4v) is 1.70. The van der Waals surface area contributed by atoms with Crippen molar-refractivity contribution in [1.82, 2.24) is 0 Å². The fourth-order valence-electron chi connectivity index (χ4n) is 1.05. The minimum atomic E-state index is -5.90. The molecule has 0 unspecified atom stereocenters. The lowest BCUT2D eigenvalue weighted by molar-refractivity contribution is -0.385. The molecule has 106 valence electrons. The van der Waals surface area contributed by atoms with E-state index in [0.29, 0.717) is 6.07 Å². The van der Waals surface area contributed by atoms with Crippen LogP contribution in [0, 0.1) is 17.0 Å². The van der Waals surface area contributed by atoms with Crippen LogP contribution in [-0.4, -0.2) is 18.8 Å². The van der Waals surface area contributed by atoms with Crippen LogP contribution in [0.15, 0.2) is 12.1 Å². The van der Waals surface area contributed by atoms with Gasteiger partial charge in [-0.25, -0.2) is 0 Å². The highest BCUT2D eigenvalue weighted by Crippen LogP contribution is 2.34. The Labute approximate surface area is 110 Å². The molecule has 1 aromatic carbocycles. The molecule has 0 N–H and O–H groups in total. The summed E-state index contributed by atoms with van der Waals surface area (Å²) in [6.45, 7) is 1.25. The van der Waals surface area contributed by atoms with Crippen molar-refractivity contribution in [3.05, 3.63) is 32.8 Å². The van der Waals surface area contributed by atoms with Gasteiger partial charge in [0.1, 0.15) is 0 Å². The quantitative estimate of drug-likeness (QED) is 0.370. The van der Waals surface area contributed by atoms with Crippen LogP contribution in [0.1, 0.15) is 5.56 Å². The Bertz CT molecular complexity index is 628. The van der Waals surface area contributed by atoms with Gasteiger partial charge in [-0.05, 0) is 6.92 Å². The van der Waals surface area contributed by atoms with Gasteiger partial charge < -0.3 is 4.18 Å². The van der Waals surface area contributed by atoms with Crippen LogP contribution < -0.4 is 4.18 Å². The Hall–Kier alpha value is -1.55. The van der Waals surface area contributed by atoms with Crippen molar-refractivity contribution in [1.29, 1.82) is 0 Å². The van der Waals surface area contributed by atoms with Crippen LogP contribution in [0.5, 0.6) is 5.75 Å². The maximum atomic E-state index is 12.1. The van der Waals surface area contributed by atoms with E-state index in [4.69, 9.17) is 11.6 Å². The van der Waals surface area contributed by atoms with Crippen molar-refractivity contribution in [3.63, 3.8) is 0 Å². The van der Waals surface area contributed by atoms with Gasteiger partial charge in [0.05, 0.1) is 16.0 Å². The van der Waals surface area contributed by atoms with Crippen LogP contribution in [0.4, 0.5) is 18.9 Å². The number of nitrogens with zero attached hydrogens (tertiary/aromatic N) is 1. The number of benzene rings is 1. The highest BCUT2D eigenvalue weighted by Gasteiger charge is 2.48. The molecule has 1 aromatic rings. The summed E-state index contributed by atoms with van der Waals surface area (Å²) in [4.78, 5) is 9.69. The number of nitro groups is 1. The number of alkyl halides is 3. The summed E-state index contributed by atoms with van der Waals surface area (Å²) in [5, 5.41) is 10.3. The molecule has 0 radical (unpaired) electrons. The molecule has 6 nitrogen and oxygen atoms in total. The number of rotatable bonds is 3. The van der Waals surface area contributed by atoms with Gasteiger partial charge in [0.15, 0.2) is 5.75 Å². The van der Waals surface area contributed by atoms with E-state index in [-0.39, 0.29) is 10.6 Å². The fraction of sp³-hybridized carbons (Fsp3) is 0.250. The Morgan fingerprint density at radius 2 is 1.89 bits per heavy atom. The van der Waals surface area contributed by atoms with E-state index in [1.54, 1.807) is 0 Å². The zero-order valence-corrected chi connectivity index (χ0v) is 10.6. The van der Waals surface area contributed by atoms with Gasteiger partial charge in [0.2, 0.25) is 0 Å². The van der Waals surface area contributed by atoms with Crippen LogP contribution in [-0.2, 0) is 10.1 Å². The Kier molecular flexibility index (Phi) is 3.96. The average Bonchev–Trinajstić information content (AvgIpc) is 2.20. The Morgan fingerprint density at radius 1 is 1.37 bits per heavy atom. The monoisotopic (exact) mass is 319 g/mol. The second kappa shape index (κ2) is 4.85. The summed E-state index contributed by atoms with van der Waals surface area (Å²) in [6.07, 6.45) is 0. The third-order valence-electron chi connectivity index (χ3n) is 1.98. The lowest BCUT2D eigenvalue weighted by Crippen LogP contribution is -2.28. The summed E-state index contributed by atoms with van der Waals surface area (Å²) >= 11 is 5.55. The van der Waals surface area contributed by atoms with E-state index in [1.165, 1.54) is 6.92 Å². The first kappa shape index (κ1) is 15.5. The normalized spacial score (nSPS) is 12.3. The molecular formula is C8H5ClF3NO5S. The molecule has 11 heteroatoms. The molecule has 19 heavy (non-hydrogen) atoms. The van der Waals surface area contributed by atoms with E-state index in [0.717, 1.165) is 6.07 Å². The molecule has 0 heterocycles. The molecule has 0 aliphatic carbocycles. The first-order valence-corrected chi connectivity index (χ1v) is 6.19. The van der Waals surface area contributed by atoms with Crippen molar-refractivity contribution < 1.29 is 30.7 Å². The van der Waals surface area contributed by atoms with E-state index in [1.807, 2.05) is 0 Å². The van der Waals surface area contributed by atoms with E-state index in [2.05, 4.69) is 4.18 Å². The summed E-state index contributed by atoms with van der Waals surface area (Å²) in [7, 11) is -5.90. The van der Waals surface area contributed by atoms with E-state index in [9.17, 15) is 31.7 Å². The minimum Gasteiger partial charge on any atom is -0.376 e. The van der Waals surface area contributed by atoms with Crippen LogP contribution in [0.25, 0.3) is 0 Å². The van der Waals surface area contributed by atoms with Crippen molar-refractivity contribution in [3.8, 4) is 5.75 Å². The van der Waals surface area contributed by atoms with Crippen molar-refractivity contribution >= 4 is 27.4 Å². The van der Waals surface area contributed by atoms with Crippen molar-refractivity contribution in [2.75, 3.05) is 0 Å². The second-order valence-corrected chi connectivity index (χ2v) is 5.23. The first-order chi connectivity index (χ1) is 8.45. The minimum absolute atomic E-state index is 0.0246. The largest absolute Gasteiger partial charge is 0.534 e. The smallest absolute Gasteiger partial charge is 0.376 e. The van der Waals surface area contributed by atoms with Crippen molar-refractivity contribution in [2.45, 2.75) is 12.4 Å². The summed E-state index contributed by atoms with van der Waals surface area (Å²) in [5.74, 6) is -0.889. The summed E-state index contributed by atoms with van der Waals surface area (Å²) in [6, 6.07) is 1.29. The topological polar surface area (TPSA) is 86.5 Å². The molecule has 0 spiro atoms. The lowest BCUT2D eigenvalue weighted by atomic mass is 10.2. The Morgan fingerprint density at radius 3 is 2.32 bits per heavy atom. The first-order valence-electron chi connectivity index (χ1n) is 4.41. The maximum absolute atomic E-state index is 12.1. The van der Waals surface area contributed by atoms with Crippen LogP contribution in [0.3, 0.4) is 0 Å². The standard InChI is InChI=1S/C8H5ClF3NO5S/c1-4-6(9)2-5(3-7(4)13(14)15)18-19(16,17)8(10,11)12/h2-3H,1H3. The van der Waals surface area contributed by atoms with Gasteiger partial charge in [-0.2, -0.15) is 21.6 Å². The predicted octanol–water partition coefficient (Wildman–Crippen LogP) is 2.79. The molecule has 1 rings (SSSR count). The zero-order chi connectivity index (χ0) is 15.0. The number of hydrogen-bond acceptors (Lipinski definition) is 5. The summed E-state index contributed by atoms with van der Waals surface area (Å²) < 4.78 is 61.5. The molecule has 0 amide bonds. The molecule has 0 bridgehead atoms. The van der Waals surface area contributed by atoms with Gasteiger partial charge in [-0.3, -0.25) is 10.1 Å². The average molecular weight is 320 g/mol. The molecule has 0 aliphatic rings. The second-order valence-electron chi connectivity index (χ2n) is 3.29. The van der Waals surface area contributed by atoms with E-state index >= 15 is 0 Å². The zero-order valence-electron chi connectivity index (χ0n) is 9.06. The molecule has 0 fully saturated rings. The SMILES string of the molecule is Cc1c(Cl)cc(OS(=O)(=O)C(F)(F)F)cc1[N+](=O)[O-]. The van der Waals surface area contributed by atoms with Crippen LogP contribution >= 0.6 is 11.6 Å². The van der Waals surface area contributed by atoms with Gasteiger partial charge in [-0.15, -0.1) is 0 Å². The van der Waals surface area contributed by atoms with Gasteiger partial charge in [0.25, 0.3) is 5.69 Å². The van der Waals surface area contributed by atoms with Crippen molar-refractivity contribution in [2.24, 2.45) is 0 Å². The van der Waals surface area contributed by atoms with Gasteiger partial charge in [-0.1, -0.05) is 11.6 Å². The molecular weight excluding hydrogens is 315 g/mol. The lowest BCUT2D eigenvalue weighted by Gasteiger charge is -2.10. The summed E-state index contributed by atoms with van der Waals surface area (Å²) in [5.41, 5.74) is -6.32. The van der Waals surface area contributed by atoms with Crippen LogP contribution in [0.2, 0.25) is 5.02 Å². The molecule has 0 aliphatic heterocycles. The number of hydrogen-bond donors (Lipinski definition) is 0. The third kappa shape index (κ3) is 3.26. The molecule has 0 aromatic heterocycles. The third-order valence-corrected chi connectivity index (χ3v) is 3.35. The number of nitro benzene ring substituents is 1. The number of halogens is 4. The molecule has 0 saturated carbocycles. The highest BCUT2D eigenvalue weighted by atomic mass is 35.5. The highest BCUT2D eigenvalue weighted by molar-refractivity contribution is 7.88. The molecule has 0 atom stereocenters.